The third-order valence-electron chi connectivity index (χ3n) is 3.39. The Bertz CT molecular complexity index is 657. The Labute approximate surface area is 119 Å². The van der Waals surface area contributed by atoms with Crippen LogP contribution in [0.15, 0.2) is 24.4 Å². The second-order valence-corrected chi connectivity index (χ2v) is 5.77. The number of esters is 1. The van der Waals surface area contributed by atoms with Gasteiger partial charge in [0.2, 0.25) is 0 Å². The normalized spacial score (nSPS) is 11.4. The molecule has 1 heterocycles. The molecule has 4 nitrogen and oxygen atoms in total. The van der Waals surface area contributed by atoms with Crippen LogP contribution >= 0.6 is 0 Å². The van der Waals surface area contributed by atoms with Gasteiger partial charge in [0, 0.05) is 18.6 Å². The van der Waals surface area contributed by atoms with Crippen LogP contribution in [0.25, 0.3) is 10.9 Å². The smallest absolute Gasteiger partial charge is 0.341 e. The number of nitrogens with one attached hydrogen (secondary N) is 1. The van der Waals surface area contributed by atoms with E-state index < -0.39 is 0 Å². The van der Waals surface area contributed by atoms with Crippen molar-refractivity contribution in [3.8, 4) is 0 Å². The summed E-state index contributed by atoms with van der Waals surface area (Å²) in [5, 5.41) is 4.02. The van der Waals surface area contributed by atoms with Crippen molar-refractivity contribution in [1.29, 1.82) is 0 Å². The summed E-state index contributed by atoms with van der Waals surface area (Å²) in [6, 6.07) is 6.14. The summed E-state index contributed by atoms with van der Waals surface area (Å²) in [4.78, 5) is 16.2. The fraction of sp³-hybridized carbons (Fsp3) is 0.375. The molecule has 0 atom stereocenters. The maximum atomic E-state index is 11.8. The lowest BCUT2D eigenvalue weighted by Gasteiger charge is -2.20. The van der Waals surface area contributed by atoms with Crippen LogP contribution in [-0.2, 0) is 10.2 Å². The number of anilines is 1. The molecule has 2 aromatic rings. The molecule has 0 spiro atoms. The number of ether oxygens (including phenoxy) is 1. The van der Waals surface area contributed by atoms with Crippen LogP contribution in [0.2, 0.25) is 0 Å². The molecule has 0 fully saturated rings. The van der Waals surface area contributed by atoms with Crippen LogP contribution < -0.4 is 5.32 Å². The van der Waals surface area contributed by atoms with Crippen molar-refractivity contribution in [2.75, 3.05) is 19.5 Å². The molecule has 0 amide bonds. The second-order valence-electron chi connectivity index (χ2n) is 5.77. The predicted molar refractivity (Wildman–Crippen MR) is 81.3 cm³/mol. The molecule has 1 aromatic carbocycles. The molecule has 1 N–H and O–H groups in total. The summed E-state index contributed by atoms with van der Waals surface area (Å²) < 4.78 is 4.81. The minimum Gasteiger partial charge on any atom is -0.465 e. The van der Waals surface area contributed by atoms with Gasteiger partial charge in [-0.1, -0.05) is 26.8 Å². The quantitative estimate of drug-likeness (QED) is 0.852. The lowest BCUT2D eigenvalue weighted by atomic mass is 9.86. The number of pyridine rings is 1. The van der Waals surface area contributed by atoms with Gasteiger partial charge in [-0.3, -0.25) is 4.98 Å². The summed E-state index contributed by atoms with van der Waals surface area (Å²) in [7, 11) is 3.17. The molecule has 0 saturated carbocycles. The predicted octanol–water partition coefficient (Wildman–Crippen LogP) is 3.36. The number of hydrogen-bond donors (Lipinski definition) is 1. The molecule has 0 bridgehead atoms. The number of carbonyl (C=O) groups excluding carboxylic acids is 1. The number of nitrogens with zero attached hydrogens (tertiary/aromatic N) is 1. The van der Waals surface area contributed by atoms with Crippen LogP contribution in [0.1, 0.15) is 36.7 Å². The maximum Gasteiger partial charge on any atom is 0.341 e. The average Bonchev–Trinajstić information content (AvgIpc) is 2.43. The Morgan fingerprint density at radius 2 is 2.00 bits per heavy atom. The van der Waals surface area contributed by atoms with E-state index in [9.17, 15) is 4.79 Å². The number of methoxy groups -OCH3 is 1. The lowest BCUT2D eigenvalue weighted by Crippen LogP contribution is -2.12. The summed E-state index contributed by atoms with van der Waals surface area (Å²) >= 11 is 0. The Morgan fingerprint density at radius 1 is 1.30 bits per heavy atom. The Kier molecular flexibility index (Phi) is 3.66. The zero-order valence-electron chi connectivity index (χ0n) is 12.6. The minimum absolute atomic E-state index is 0.0421. The Morgan fingerprint density at radius 3 is 2.55 bits per heavy atom. The summed E-state index contributed by atoms with van der Waals surface area (Å²) in [6.45, 7) is 6.47. The van der Waals surface area contributed by atoms with Gasteiger partial charge in [-0.2, -0.15) is 0 Å². The van der Waals surface area contributed by atoms with Gasteiger partial charge >= 0.3 is 5.97 Å². The molecule has 0 saturated heterocycles. The van der Waals surface area contributed by atoms with Crippen molar-refractivity contribution in [1.82, 2.24) is 4.98 Å². The Hall–Kier alpha value is -2.10. The van der Waals surface area contributed by atoms with Crippen molar-refractivity contribution in [3.05, 3.63) is 35.5 Å². The van der Waals surface area contributed by atoms with Crippen LogP contribution in [0.5, 0.6) is 0 Å². The molecule has 106 valence electrons. The van der Waals surface area contributed by atoms with Crippen LogP contribution in [0.4, 0.5) is 5.69 Å². The summed E-state index contributed by atoms with van der Waals surface area (Å²) in [6.07, 6.45) is 1.55. The summed E-state index contributed by atoms with van der Waals surface area (Å²) in [5.74, 6) is -0.384. The molecule has 0 aliphatic heterocycles. The van der Waals surface area contributed by atoms with Gasteiger partial charge in [-0.05, 0) is 23.1 Å². The van der Waals surface area contributed by atoms with Crippen molar-refractivity contribution in [2.24, 2.45) is 0 Å². The molecule has 0 aliphatic carbocycles. The first-order valence-corrected chi connectivity index (χ1v) is 6.58. The highest BCUT2D eigenvalue weighted by Gasteiger charge is 2.18. The zero-order chi connectivity index (χ0) is 14.9. The highest BCUT2D eigenvalue weighted by molar-refractivity contribution is 6.05. The van der Waals surface area contributed by atoms with Gasteiger partial charge in [-0.15, -0.1) is 0 Å². The third-order valence-corrected chi connectivity index (χ3v) is 3.39. The van der Waals surface area contributed by atoms with E-state index in [0.29, 0.717) is 5.56 Å². The van der Waals surface area contributed by atoms with Crippen LogP contribution in [0, 0.1) is 0 Å². The zero-order valence-corrected chi connectivity index (χ0v) is 12.6. The molecule has 0 radical (unpaired) electrons. The number of aromatic nitrogens is 1. The van der Waals surface area contributed by atoms with E-state index >= 15 is 0 Å². The fourth-order valence-corrected chi connectivity index (χ4v) is 2.19. The monoisotopic (exact) mass is 272 g/mol. The van der Waals surface area contributed by atoms with E-state index in [-0.39, 0.29) is 11.4 Å². The van der Waals surface area contributed by atoms with Crippen molar-refractivity contribution in [3.63, 3.8) is 0 Å². The van der Waals surface area contributed by atoms with E-state index in [1.807, 2.05) is 6.07 Å². The van der Waals surface area contributed by atoms with Crippen LogP contribution in [0.3, 0.4) is 0 Å². The molecule has 2 rings (SSSR count). The highest BCUT2D eigenvalue weighted by atomic mass is 16.5. The molecular formula is C16H20N2O2. The van der Waals surface area contributed by atoms with Gasteiger partial charge in [0.05, 0.1) is 18.3 Å². The molecule has 0 aliphatic rings. The maximum absolute atomic E-state index is 11.8. The fourth-order valence-electron chi connectivity index (χ4n) is 2.19. The number of rotatable bonds is 2. The van der Waals surface area contributed by atoms with Crippen LogP contribution in [-0.4, -0.2) is 25.1 Å². The van der Waals surface area contributed by atoms with Gasteiger partial charge in [0.15, 0.2) is 0 Å². The second kappa shape index (κ2) is 5.12. The molecule has 4 heteroatoms. The average molecular weight is 272 g/mol. The van der Waals surface area contributed by atoms with Crippen molar-refractivity contribution in [2.45, 2.75) is 26.2 Å². The highest BCUT2D eigenvalue weighted by Crippen LogP contribution is 2.31. The van der Waals surface area contributed by atoms with E-state index in [1.54, 1.807) is 13.2 Å². The Balaban J connectivity index is 2.74. The number of hydrogen-bond acceptors (Lipinski definition) is 4. The third kappa shape index (κ3) is 2.46. The molecule has 1 aromatic heterocycles. The largest absolute Gasteiger partial charge is 0.465 e. The minimum atomic E-state index is -0.384. The molecular weight excluding hydrogens is 252 g/mol. The van der Waals surface area contributed by atoms with Gasteiger partial charge < -0.3 is 10.1 Å². The first kappa shape index (κ1) is 14.3. The molecule has 20 heavy (non-hydrogen) atoms. The topological polar surface area (TPSA) is 51.2 Å². The van der Waals surface area contributed by atoms with E-state index in [4.69, 9.17) is 4.74 Å². The summed E-state index contributed by atoms with van der Waals surface area (Å²) in [5.41, 5.74) is 3.31. The standard InChI is InChI=1S/C16H20N2O2/c1-16(2,3)10-6-7-13-11(8-10)14(17-4)12(9-18-13)15(19)20-5/h6-9H,1-5H3,(H,17,18). The van der Waals surface area contributed by atoms with Gasteiger partial charge in [0.25, 0.3) is 0 Å². The lowest BCUT2D eigenvalue weighted by molar-refractivity contribution is 0.0601. The SMILES string of the molecule is CNc1c(C(=O)OC)cnc2ccc(C(C)(C)C)cc12. The first-order chi connectivity index (χ1) is 9.38. The van der Waals surface area contributed by atoms with Gasteiger partial charge in [-0.25, -0.2) is 4.79 Å². The van der Waals surface area contributed by atoms with E-state index in [1.165, 1.54) is 12.7 Å². The van der Waals surface area contributed by atoms with E-state index in [2.05, 4.69) is 43.2 Å². The number of fused-ring (bicyclic) bond motifs is 1. The van der Waals surface area contributed by atoms with E-state index in [0.717, 1.165) is 16.6 Å². The van der Waals surface area contributed by atoms with Crippen molar-refractivity contribution >= 4 is 22.6 Å². The van der Waals surface area contributed by atoms with Crippen molar-refractivity contribution < 1.29 is 9.53 Å². The number of benzene rings is 1. The first-order valence-electron chi connectivity index (χ1n) is 6.58. The van der Waals surface area contributed by atoms with Gasteiger partial charge in [0.1, 0.15) is 5.56 Å². The molecule has 0 unspecified atom stereocenters. The number of carbonyl (C=O) groups is 1.